The number of hydrogen-bond donors (Lipinski definition) is 1. The Labute approximate surface area is 202 Å². The molecule has 1 N–H and O–H groups in total. The third-order valence-electron chi connectivity index (χ3n) is 6.33. The summed E-state index contributed by atoms with van der Waals surface area (Å²) in [4.78, 5) is 13.4. The summed E-state index contributed by atoms with van der Waals surface area (Å²) in [7, 11) is -3.94. The Kier molecular flexibility index (Phi) is 6.80. The highest BCUT2D eigenvalue weighted by Crippen LogP contribution is 2.36. The van der Waals surface area contributed by atoms with E-state index in [1.807, 2.05) is 60.7 Å². The van der Waals surface area contributed by atoms with Crippen molar-refractivity contribution in [2.24, 2.45) is 0 Å². The van der Waals surface area contributed by atoms with Gasteiger partial charge in [0.2, 0.25) is 5.91 Å². The lowest BCUT2D eigenvalue weighted by molar-refractivity contribution is -0.122. The molecule has 0 spiro atoms. The zero-order valence-corrected chi connectivity index (χ0v) is 20.8. The molecule has 34 heavy (non-hydrogen) atoms. The molecule has 3 aromatic rings. The van der Waals surface area contributed by atoms with Crippen LogP contribution in [0.25, 0.3) is 0 Å². The highest BCUT2D eigenvalue weighted by atomic mass is 32.2. The van der Waals surface area contributed by atoms with E-state index in [2.05, 4.69) is 26.1 Å². The fraction of sp³-hybridized carbons (Fsp3) is 0.321. The van der Waals surface area contributed by atoms with Crippen molar-refractivity contribution in [2.45, 2.75) is 56.4 Å². The maximum atomic E-state index is 13.9. The first kappa shape index (κ1) is 24.0. The quantitative estimate of drug-likeness (QED) is 0.553. The Balaban J connectivity index is 1.62. The van der Waals surface area contributed by atoms with Crippen LogP contribution < -0.4 is 9.62 Å². The molecule has 4 rings (SSSR count). The molecule has 0 radical (unpaired) electrons. The van der Waals surface area contributed by atoms with Crippen LogP contribution in [0.1, 0.15) is 43.9 Å². The molecule has 1 unspecified atom stereocenters. The van der Waals surface area contributed by atoms with Crippen LogP contribution in [0.15, 0.2) is 83.8 Å². The highest BCUT2D eigenvalue weighted by molar-refractivity contribution is 7.93. The first-order valence-electron chi connectivity index (χ1n) is 11.7. The number of anilines is 1. The molecule has 0 fully saturated rings. The molecule has 1 atom stereocenters. The van der Waals surface area contributed by atoms with E-state index in [1.54, 1.807) is 18.2 Å². The molecule has 0 aliphatic carbocycles. The van der Waals surface area contributed by atoms with Crippen molar-refractivity contribution in [3.63, 3.8) is 0 Å². The Bertz CT molecular complexity index is 1250. The lowest BCUT2D eigenvalue weighted by atomic mass is 9.87. The maximum Gasteiger partial charge on any atom is 0.265 e. The van der Waals surface area contributed by atoms with Crippen LogP contribution in [-0.4, -0.2) is 26.9 Å². The third-order valence-corrected chi connectivity index (χ3v) is 8.17. The molecule has 0 bridgehead atoms. The van der Waals surface area contributed by atoms with Crippen LogP contribution in [0, 0.1) is 0 Å². The standard InChI is InChI=1S/C28H32N2O3S/c1-28(2,3)23-14-16-24(17-15-23)34(32,33)30-25-12-8-7-11-22(25)13-18-26(30)27(31)29-20-19-21-9-5-4-6-10-21/h4-12,14-17,26H,13,18-20H2,1-3H3,(H,29,31). The van der Waals surface area contributed by atoms with Gasteiger partial charge in [-0.15, -0.1) is 0 Å². The van der Waals surface area contributed by atoms with Gasteiger partial charge in [0, 0.05) is 6.54 Å². The summed E-state index contributed by atoms with van der Waals surface area (Å²) in [5, 5.41) is 2.97. The Morgan fingerprint density at radius 1 is 0.941 bits per heavy atom. The van der Waals surface area contributed by atoms with Gasteiger partial charge in [-0.3, -0.25) is 9.10 Å². The van der Waals surface area contributed by atoms with Gasteiger partial charge < -0.3 is 5.32 Å². The minimum absolute atomic E-state index is 0.0822. The Morgan fingerprint density at radius 3 is 2.26 bits per heavy atom. The van der Waals surface area contributed by atoms with Crippen molar-refractivity contribution in [1.29, 1.82) is 0 Å². The van der Waals surface area contributed by atoms with Crippen LogP contribution in [0.2, 0.25) is 0 Å². The summed E-state index contributed by atoms with van der Waals surface area (Å²) in [6.45, 7) is 6.72. The monoisotopic (exact) mass is 476 g/mol. The van der Waals surface area contributed by atoms with Gasteiger partial charge in [-0.1, -0.05) is 81.4 Å². The van der Waals surface area contributed by atoms with Crippen LogP contribution in [0.5, 0.6) is 0 Å². The first-order chi connectivity index (χ1) is 16.2. The molecule has 1 aliphatic heterocycles. The number of carbonyl (C=O) groups is 1. The number of nitrogens with one attached hydrogen (secondary N) is 1. The van der Waals surface area contributed by atoms with Gasteiger partial charge in [-0.2, -0.15) is 0 Å². The number of nitrogens with zero attached hydrogens (tertiary/aromatic N) is 1. The normalized spacial score (nSPS) is 16.1. The highest BCUT2D eigenvalue weighted by Gasteiger charge is 2.39. The van der Waals surface area contributed by atoms with Crippen molar-refractivity contribution in [2.75, 3.05) is 10.8 Å². The SMILES string of the molecule is CC(C)(C)c1ccc(S(=O)(=O)N2c3ccccc3CCC2C(=O)NCCc2ccccc2)cc1. The number of fused-ring (bicyclic) bond motifs is 1. The average Bonchev–Trinajstić information content (AvgIpc) is 2.83. The molecular weight excluding hydrogens is 444 g/mol. The number of aryl methyl sites for hydroxylation is 1. The molecular formula is C28H32N2O3S. The fourth-order valence-corrected chi connectivity index (χ4v) is 6.06. The van der Waals surface area contributed by atoms with Crippen molar-refractivity contribution < 1.29 is 13.2 Å². The van der Waals surface area contributed by atoms with Gasteiger partial charge in [0.05, 0.1) is 10.6 Å². The van der Waals surface area contributed by atoms with Gasteiger partial charge in [-0.25, -0.2) is 8.42 Å². The molecule has 0 saturated carbocycles. The second-order valence-corrected chi connectivity index (χ2v) is 11.6. The topological polar surface area (TPSA) is 66.5 Å². The van der Waals surface area contributed by atoms with Gasteiger partial charge in [-0.05, 0) is 59.6 Å². The van der Waals surface area contributed by atoms with E-state index in [9.17, 15) is 13.2 Å². The Hall–Kier alpha value is -3.12. The zero-order chi connectivity index (χ0) is 24.3. The number of para-hydroxylation sites is 1. The van der Waals surface area contributed by atoms with Crippen LogP contribution in [0.4, 0.5) is 5.69 Å². The van der Waals surface area contributed by atoms with Crippen LogP contribution >= 0.6 is 0 Å². The van der Waals surface area contributed by atoms with E-state index >= 15 is 0 Å². The van der Waals surface area contributed by atoms with Gasteiger partial charge >= 0.3 is 0 Å². The third kappa shape index (κ3) is 5.02. The Morgan fingerprint density at radius 2 is 1.59 bits per heavy atom. The van der Waals surface area contributed by atoms with Gasteiger partial charge in [0.25, 0.3) is 10.0 Å². The van der Waals surface area contributed by atoms with E-state index in [0.29, 0.717) is 31.5 Å². The van der Waals surface area contributed by atoms with E-state index in [1.165, 1.54) is 4.31 Å². The summed E-state index contributed by atoms with van der Waals surface area (Å²) in [6.07, 6.45) is 1.78. The minimum atomic E-state index is -3.94. The van der Waals surface area contributed by atoms with Gasteiger partial charge in [0.15, 0.2) is 0 Å². The molecule has 0 saturated heterocycles. The number of hydrogen-bond acceptors (Lipinski definition) is 3. The summed E-state index contributed by atoms with van der Waals surface area (Å²) < 4.78 is 29.1. The van der Waals surface area contributed by atoms with Crippen molar-refractivity contribution in [3.8, 4) is 0 Å². The lowest BCUT2D eigenvalue weighted by Crippen LogP contribution is -2.52. The van der Waals surface area contributed by atoms with Crippen molar-refractivity contribution in [3.05, 3.63) is 95.6 Å². The number of benzene rings is 3. The molecule has 1 amide bonds. The van der Waals surface area contributed by atoms with Crippen molar-refractivity contribution >= 4 is 21.6 Å². The minimum Gasteiger partial charge on any atom is -0.354 e. The number of rotatable bonds is 6. The summed E-state index contributed by atoms with van der Waals surface area (Å²) in [5.74, 6) is -0.264. The molecule has 0 aromatic heterocycles. The van der Waals surface area contributed by atoms with E-state index in [-0.39, 0.29) is 16.2 Å². The van der Waals surface area contributed by atoms with Crippen LogP contribution in [0.3, 0.4) is 0 Å². The average molecular weight is 477 g/mol. The summed E-state index contributed by atoms with van der Waals surface area (Å²) in [6, 6.07) is 23.6. The molecule has 178 valence electrons. The van der Waals surface area contributed by atoms with Gasteiger partial charge in [0.1, 0.15) is 6.04 Å². The largest absolute Gasteiger partial charge is 0.354 e. The zero-order valence-electron chi connectivity index (χ0n) is 20.0. The molecule has 5 nitrogen and oxygen atoms in total. The van der Waals surface area contributed by atoms with Crippen molar-refractivity contribution in [1.82, 2.24) is 5.32 Å². The predicted molar refractivity (Wildman–Crippen MR) is 137 cm³/mol. The maximum absolute atomic E-state index is 13.9. The fourth-order valence-electron chi connectivity index (χ4n) is 4.38. The molecule has 1 aliphatic rings. The van der Waals surface area contributed by atoms with E-state index < -0.39 is 16.1 Å². The first-order valence-corrected chi connectivity index (χ1v) is 13.2. The molecule has 1 heterocycles. The lowest BCUT2D eigenvalue weighted by Gasteiger charge is -2.37. The van der Waals surface area contributed by atoms with E-state index in [0.717, 1.165) is 16.7 Å². The number of sulfonamides is 1. The second-order valence-electron chi connectivity index (χ2n) is 9.79. The summed E-state index contributed by atoms with van der Waals surface area (Å²) in [5.41, 5.74) is 3.62. The molecule has 6 heteroatoms. The van der Waals surface area contributed by atoms with E-state index in [4.69, 9.17) is 0 Å². The number of amides is 1. The number of carbonyl (C=O) groups excluding carboxylic acids is 1. The smallest absolute Gasteiger partial charge is 0.265 e. The molecule has 3 aromatic carbocycles. The predicted octanol–water partition coefficient (Wildman–Crippen LogP) is 4.85. The van der Waals surface area contributed by atoms with Crippen LogP contribution in [-0.2, 0) is 33.1 Å². The second kappa shape index (κ2) is 9.63. The summed E-state index contributed by atoms with van der Waals surface area (Å²) >= 11 is 0.